The standard InChI is InChI=1S/C20H38O2.C16H30O2.2C2H6/c1-10-12-16(18(4,5)15(3)11-2)13-14-17-19(6,7)22-20(8,9)21-17;1-11(2)13(4)12(3)9-10-14-15(5,6)18-16(7,8)17-14;2*1-2/h12,15,17H,10-11,13-14H2,1-9H3;11,13-14H,3,9-10H2,1-2,4-8H3;2*1-2H3/b16-12+;;;. The Morgan fingerprint density at radius 2 is 1.11 bits per heavy atom. The van der Waals surface area contributed by atoms with Crippen LogP contribution >= 0.6 is 0 Å². The van der Waals surface area contributed by atoms with Crippen molar-refractivity contribution in [3.05, 3.63) is 23.8 Å². The van der Waals surface area contributed by atoms with Gasteiger partial charge in [0.2, 0.25) is 0 Å². The molecule has 0 aromatic rings. The number of hydrogen-bond acceptors (Lipinski definition) is 4. The Balaban J connectivity index is 0. The summed E-state index contributed by atoms with van der Waals surface area (Å²) < 4.78 is 24.1. The lowest BCUT2D eigenvalue weighted by Gasteiger charge is -2.35. The fraction of sp³-hybridized carbons (Fsp3) is 0.900. The van der Waals surface area contributed by atoms with Crippen LogP contribution in [0.25, 0.3) is 0 Å². The van der Waals surface area contributed by atoms with E-state index >= 15 is 0 Å². The van der Waals surface area contributed by atoms with Crippen LogP contribution in [0.1, 0.15) is 177 Å². The minimum Gasteiger partial charge on any atom is -0.344 e. The lowest BCUT2D eigenvalue weighted by atomic mass is 9.70. The van der Waals surface area contributed by atoms with E-state index in [2.05, 4.69) is 95.7 Å². The van der Waals surface area contributed by atoms with Crippen molar-refractivity contribution in [1.82, 2.24) is 0 Å². The molecule has 2 aliphatic rings. The fourth-order valence-electron chi connectivity index (χ4n) is 6.29. The monoisotopic (exact) mass is 625 g/mol. The molecule has 264 valence electrons. The van der Waals surface area contributed by atoms with Crippen molar-refractivity contribution in [2.24, 2.45) is 23.2 Å². The molecule has 0 N–H and O–H groups in total. The molecule has 2 aliphatic heterocycles. The molecule has 4 heteroatoms. The summed E-state index contributed by atoms with van der Waals surface area (Å²) in [5.41, 5.74) is 2.75. The molecule has 2 saturated heterocycles. The number of allylic oxidation sites excluding steroid dienone is 3. The molecule has 0 aromatic carbocycles. The Hall–Kier alpha value is -0.680. The second kappa shape index (κ2) is 19.2. The van der Waals surface area contributed by atoms with Crippen molar-refractivity contribution in [2.45, 2.75) is 212 Å². The molecule has 0 amide bonds. The van der Waals surface area contributed by atoms with E-state index < -0.39 is 11.6 Å². The van der Waals surface area contributed by atoms with Gasteiger partial charge in [0.25, 0.3) is 0 Å². The minimum absolute atomic E-state index is 0.156. The molecule has 0 radical (unpaired) electrons. The van der Waals surface area contributed by atoms with Gasteiger partial charge >= 0.3 is 0 Å². The van der Waals surface area contributed by atoms with Crippen LogP contribution in [-0.4, -0.2) is 35.0 Å². The number of rotatable bonds is 12. The molecule has 2 rings (SSSR count). The van der Waals surface area contributed by atoms with Gasteiger partial charge in [-0.2, -0.15) is 0 Å². The van der Waals surface area contributed by atoms with E-state index in [0.29, 0.717) is 17.8 Å². The van der Waals surface area contributed by atoms with Gasteiger partial charge in [-0.1, -0.05) is 113 Å². The molecule has 4 nitrogen and oxygen atoms in total. The third kappa shape index (κ3) is 14.4. The molecule has 4 atom stereocenters. The van der Waals surface area contributed by atoms with Crippen LogP contribution in [0.4, 0.5) is 0 Å². The van der Waals surface area contributed by atoms with Crippen molar-refractivity contribution < 1.29 is 18.9 Å². The Morgan fingerprint density at radius 1 is 0.727 bits per heavy atom. The van der Waals surface area contributed by atoms with E-state index in [-0.39, 0.29) is 28.8 Å². The van der Waals surface area contributed by atoms with Crippen LogP contribution in [0.2, 0.25) is 0 Å². The van der Waals surface area contributed by atoms with Crippen LogP contribution in [0.3, 0.4) is 0 Å². The quantitative estimate of drug-likeness (QED) is 0.202. The molecule has 2 heterocycles. The van der Waals surface area contributed by atoms with E-state index in [1.165, 1.54) is 12.0 Å². The van der Waals surface area contributed by atoms with E-state index in [9.17, 15) is 0 Å². The first-order valence-corrected chi connectivity index (χ1v) is 18.1. The molecule has 0 spiro atoms. The predicted molar refractivity (Wildman–Crippen MR) is 194 cm³/mol. The van der Waals surface area contributed by atoms with Crippen molar-refractivity contribution in [3.63, 3.8) is 0 Å². The summed E-state index contributed by atoms with van der Waals surface area (Å²) in [6.07, 6.45) is 9.21. The summed E-state index contributed by atoms with van der Waals surface area (Å²) in [6.45, 7) is 47.2. The van der Waals surface area contributed by atoms with Crippen LogP contribution in [0.5, 0.6) is 0 Å². The van der Waals surface area contributed by atoms with Gasteiger partial charge in [0.1, 0.15) is 0 Å². The van der Waals surface area contributed by atoms with Crippen molar-refractivity contribution in [2.75, 3.05) is 0 Å². The Labute approximate surface area is 277 Å². The smallest absolute Gasteiger partial charge is 0.164 e. The van der Waals surface area contributed by atoms with E-state index in [0.717, 1.165) is 32.1 Å². The van der Waals surface area contributed by atoms with Crippen molar-refractivity contribution >= 4 is 0 Å². The molecular weight excluding hydrogens is 544 g/mol. The average Bonchev–Trinajstić information content (AvgIpc) is 3.28. The zero-order valence-corrected chi connectivity index (χ0v) is 33.5. The first kappa shape index (κ1) is 45.4. The average molecular weight is 625 g/mol. The van der Waals surface area contributed by atoms with Gasteiger partial charge in [0.15, 0.2) is 11.6 Å². The third-order valence-electron chi connectivity index (χ3n) is 9.59. The van der Waals surface area contributed by atoms with E-state index in [1.54, 1.807) is 5.57 Å². The molecular formula is C40H80O4. The van der Waals surface area contributed by atoms with Gasteiger partial charge in [0, 0.05) is 0 Å². The van der Waals surface area contributed by atoms with Gasteiger partial charge in [-0.25, -0.2) is 0 Å². The summed E-state index contributed by atoms with van der Waals surface area (Å²) in [7, 11) is 0. The number of ether oxygens (including phenoxy) is 4. The highest BCUT2D eigenvalue weighted by molar-refractivity contribution is 5.14. The molecule has 2 fully saturated rings. The van der Waals surface area contributed by atoms with E-state index in [4.69, 9.17) is 18.9 Å². The van der Waals surface area contributed by atoms with Crippen LogP contribution < -0.4 is 0 Å². The van der Waals surface area contributed by atoms with Gasteiger partial charge in [-0.05, 0) is 111 Å². The highest BCUT2D eigenvalue weighted by atomic mass is 16.8. The van der Waals surface area contributed by atoms with Gasteiger partial charge in [-0.3, -0.25) is 0 Å². The highest BCUT2D eigenvalue weighted by Gasteiger charge is 2.47. The van der Waals surface area contributed by atoms with Crippen LogP contribution in [0.15, 0.2) is 23.8 Å². The third-order valence-corrected chi connectivity index (χ3v) is 9.59. The molecule has 4 unspecified atom stereocenters. The van der Waals surface area contributed by atoms with Crippen LogP contribution in [0, 0.1) is 23.2 Å². The Kier molecular flexibility index (Phi) is 19.8. The minimum atomic E-state index is -0.463. The summed E-state index contributed by atoms with van der Waals surface area (Å²) in [6, 6.07) is 0. The van der Waals surface area contributed by atoms with Gasteiger partial charge in [-0.15, -0.1) is 0 Å². The SMILES string of the molecule is C=C(CCC1OC(C)(C)OC1(C)C)C(C)C(C)C.CC.CC.CC/C=C(\CCC1OC(C)(C)OC1(C)C)C(C)(C)C(C)CC. The molecule has 0 aromatic heterocycles. The van der Waals surface area contributed by atoms with Gasteiger partial charge in [0.05, 0.1) is 23.4 Å². The molecule has 44 heavy (non-hydrogen) atoms. The molecule has 0 saturated carbocycles. The Bertz CT molecular complexity index is 830. The van der Waals surface area contributed by atoms with Crippen molar-refractivity contribution in [3.8, 4) is 0 Å². The van der Waals surface area contributed by atoms with Crippen molar-refractivity contribution in [1.29, 1.82) is 0 Å². The largest absolute Gasteiger partial charge is 0.344 e. The zero-order valence-electron chi connectivity index (χ0n) is 33.5. The summed E-state index contributed by atoms with van der Waals surface area (Å²) in [4.78, 5) is 0. The first-order chi connectivity index (χ1) is 20.0. The second-order valence-corrected chi connectivity index (χ2v) is 15.4. The lowest BCUT2D eigenvalue weighted by molar-refractivity contribution is -0.158. The lowest BCUT2D eigenvalue weighted by Crippen LogP contribution is -2.34. The number of hydrogen-bond donors (Lipinski definition) is 0. The predicted octanol–water partition coefficient (Wildman–Crippen LogP) is 12.7. The highest BCUT2D eigenvalue weighted by Crippen LogP contribution is 2.43. The van der Waals surface area contributed by atoms with Crippen LogP contribution in [-0.2, 0) is 18.9 Å². The summed E-state index contributed by atoms with van der Waals surface area (Å²) in [5.74, 6) is 0.996. The Morgan fingerprint density at radius 3 is 1.41 bits per heavy atom. The first-order valence-electron chi connectivity index (χ1n) is 18.1. The maximum atomic E-state index is 6.14. The second-order valence-electron chi connectivity index (χ2n) is 15.4. The maximum absolute atomic E-state index is 6.14. The fourth-order valence-corrected chi connectivity index (χ4v) is 6.29. The van der Waals surface area contributed by atoms with E-state index in [1.807, 2.05) is 55.4 Å². The summed E-state index contributed by atoms with van der Waals surface area (Å²) >= 11 is 0. The summed E-state index contributed by atoms with van der Waals surface area (Å²) in [5, 5.41) is 0. The zero-order chi connectivity index (χ0) is 35.3. The van der Waals surface area contributed by atoms with Gasteiger partial charge < -0.3 is 18.9 Å². The maximum Gasteiger partial charge on any atom is 0.164 e. The molecule has 0 aliphatic carbocycles. The molecule has 0 bridgehead atoms. The normalized spacial score (nSPS) is 24.6. The topological polar surface area (TPSA) is 36.9 Å².